The van der Waals surface area contributed by atoms with Crippen LogP contribution in [0.25, 0.3) is 22.2 Å². The maximum atomic E-state index is 14.3. The van der Waals surface area contributed by atoms with E-state index in [2.05, 4.69) is 37.2 Å². The van der Waals surface area contributed by atoms with Gasteiger partial charge >= 0.3 is 0 Å². The van der Waals surface area contributed by atoms with Crippen LogP contribution in [0, 0.1) is 11.8 Å². The first kappa shape index (κ1) is 28.9. The van der Waals surface area contributed by atoms with Crippen LogP contribution < -0.4 is 16.6 Å². The number of carbonyl (C=O) groups excluding carboxylic acids is 1. The third-order valence-corrected chi connectivity index (χ3v) is 7.99. The summed E-state index contributed by atoms with van der Waals surface area (Å²) in [7, 11) is 0. The Morgan fingerprint density at radius 1 is 1.13 bits per heavy atom. The van der Waals surface area contributed by atoms with Crippen LogP contribution in [0.2, 0.25) is 0 Å². The van der Waals surface area contributed by atoms with Crippen molar-refractivity contribution in [2.75, 3.05) is 32.0 Å². The van der Waals surface area contributed by atoms with Gasteiger partial charge in [-0.3, -0.25) is 23.7 Å². The zero-order chi connectivity index (χ0) is 31.8. The minimum absolute atomic E-state index is 0.0421. The van der Waals surface area contributed by atoms with Gasteiger partial charge < -0.3 is 16.2 Å². The van der Waals surface area contributed by atoms with E-state index in [1.54, 1.807) is 49.8 Å². The number of amides is 1. The number of aliphatic hydroxyl groups is 1. The molecule has 7 rings (SSSR count). The van der Waals surface area contributed by atoms with Crippen molar-refractivity contribution >= 4 is 28.3 Å². The zero-order valence-electron chi connectivity index (χ0n) is 24.9. The highest BCUT2D eigenvalue weighted by atomic mass is 16.3. The summed E-state index contributed by atoms with van der Waals surface area (Å²) >= 11 is 0. The van der Waals surface area contributed by atoms with Crippen LogP contribution in [0.4, 0.5) is 5.82 Å². The highest BCUT2D eigenvalue weighted by molar-refractivity contribution is 6.04. The highest BCUT2D eigenvalue weighted by Gasteiger charge is 2.28. The Kier molecular flexibility index (Phi) is 7.49. The first-order valence-corrected chi connectivity index (χ1v) is 14.8. The van der Waals surface area contributed by atoms with Crippen molar-refractivity contribution in [3.63, 3.8) is 0 Å². The third-order valence-electron chi connectivity index (χ3n) is 7.99. The smallest absolute Gasteiger partial charge is 0.267 e. The molecule has 4 N–H and O–H groups in total. The molecule has 230 valence electrons. The van der Waals surface area contributed by atoms with Crippen molar-refractivity contribution in [2.24, 2.45) is 0 Å². The summed E-state index contributed by atoms with van der Waals surface area (Å²) in [5.74, 6) is 6.20. The number of benzene rings is 2. The molecule has 1 saturated heterocycles. The first-order chi connectivity index (χ1) is 22.4. The highest BCUT2D eigenvalue weighted by Crippen LogP contribution is 2.23. The van der Waals surface area contributed by atoms with Crippen molar-refractivity contribution in [3.8, 4) is 17.5 Å². The summed E-state index contributed by atoms with van der Waals surface area (Å²) in [6.07, 6.45) is 6.82. The standard InChI is InChI=1S/C33H30N10O3/c1-21(37-32(45)28-29(34)39-41-14-6-13-35-31(28)41)30-38-26-10-5-7-23(27(26)33(46)43(30)24-8-3-2-4-9-24)12-11-22-17-36-42(18-22)25-19-40(20-25)15-16-44/h2-10,13-14,17-18,21,25,44H,15-16,19-20H2,1H3,(H2,34,39)(H,37,45)/t21-/m0/s1. The number of likely N-dealkylation sites (tertiary alicyclic amines) is 1. The predicted molar refractivity (Wildman–Crippen MR) is 171 cm³/mol. The fraction of sp³-hybridized carbons (Fsp3) is 0.212. The number of β-amino-alcohol motifs (C(OH)–C–C–N with tert-alkyl or cyclic N) is 1. The lowest BCUT2D eigenvalue weighted by molar-refractivity contribution is 0.0774. The molecule has 1 aliphatic rings. The van der Waals surface area contributed by atoms with Gasteiger partial charge in [0.1, 0.15) is 11.4 Å². The molecule has 46 heavy (non-hydrogen) atoms. The second-order valence-electron chi connectivity index (χ2n) is 11.1. The normalized spacial score (nSPS) is 14.1. The lowest BCUT2D eigenvalue weighted by Crippen LogP contribution is -2.48. The Hall–Kier alpha value is -5.84. The van der Waals surface area contributed by atoms with Crippen molar-refractivity contribution in [1.82, 2.24) is 44.1 Å². The van der Waals surface area contributed by atoms with E-state index in [0.29, 0.717) is 40.2 Å². The lowest BCUT2D eigenvalue weighted by Gasteiger charge is -2.38. The molecule has 5 heterocycles. The van der Waals surface area contributed by atoms with Gasteiger partial charge in [-0.1, -0.05) is 36.1 Å². The summed E-state index contributed by atoms with van der Waals surface area (Å²) < 4.78 is 4.84. The van der Waals surface area contributed by atoms with E-state index in [4.69, 9.17) is 15.8 Å². The van der Waals surface area contributed by atoms with Crippen LogP contribution in [-0.2, 0) is 0 Å². The molecule has 0 unspecified atom stereocenters. The molecule has 0 aliphatic carbocycles. The average molecular weight is 615 g/mol. The molecule has 4 aromatic heterocycles. The van der Waals surface area contributed by atoms with E-state index in [-0.39, 0.29) is 29.6 Å². The van der Waals surface area contributed by atoms with E-state index in [1.165, 1.54) is 9.08 Å². The largest absolute Gasteiger partial charge is 0.395 e. The number of anilines is 1. The minimum Gasteiger partial charge on any atom is -0.395 e. The van der Waals surface area contributed by atoms with Gasteiger partial charge in [0, 0.05) is 43.8 Å². The van der Waals surface area contributed by atoms with Crippen LogP contribution in [0.3, 0.4) is 0 Å². The number of hydrogen-bond donors (Lipinski definition) is 3. The van der Waals surface area contributed by atoms with Crippen molar-refractivity contribution in [1.29, 1.82) is 0 Å². The van der Waals surface area contributed by atoms with Gasteiger partial charge in [-0.2, -0.15) is 5.10 Å². The van der Waals surface area contributed by atoms with E-state index in [9.17, 15) is 9.59 Å². The van der Waals surface area contributed by atoms with Gasteiger partial charge in [0.15, 0.2) is 11.5 Å². The topological polar surface area (TPSA) is 161 Å². The molecule has 0 saturated carbocycles. The van der Waals surface area contributed by atoms with Crippen LogP contribution in [0.15, 0.2) is 84.2 Å². The molecule has 13 nitrogen and oxygen atoms in total. The summed E-state index contributed by atoms with van der Waals surface area (Å²) in [5.41, 5.74) is 8.53. The van der Waals surface area contributed by atoms with Gasteiger partial charge in [-0.15, -0.1) is 5.10 Å². The van der Waals surface area contributed by atoms with Crippen molar-refractivity contribution in [3.05, 3.63) is 112 Å². The van der Waals surface area contributed by atoms with Crippen LogP contribution in [0.1, 0.15) is 46.3 Å². The Bertz CT molecular complexity index is 2200. The molecule has 0 radical (unpaired) electrons. The summed E-state index contributed by atoms with van der Waals surface area (Å²) in [6.45, 7) is 4.20. The molecule has 1 fully saturated rings. The molecule has 0 spiro atoms. The first-order valence-electron chi connectivity index (χ1n) is 14.8. The fourth-order valence-electron chi connectivity index (χ4n) is 5.70. The van der Waals surface area contributed by atoms with Crippen molar-refractivity contribution in [2.45, 2.75) is 19.0 Å². The molecule has 2 aromatic carbocycles. The van der Waals surface area contributed by atoms with E-state index >= 15 is 0 Å². The van der Waals surface area contributed by atoms with E-state index in [1.807, 2.05) is 41.2 Å². The van der Waals surface area contributed by atoms with Gasteiger partial charge in [0.05, 0.1) is 47.0 Å². The molecule has 0 bridgehead atoms. The van der Waals surface area contributed by atoms with Crippen LogP contribution in [0.5, 0.6) is 0 Å². The number of carbonyl (C=O) groups is 1. The number of para-hydroxylation sites is 1. The number of aromatic nitrogens is 7. The number of hydrogen-bond acceptors (Lipinski definition) is 9. The van der Waals surface area contributed by atoms with Crippen LogP contribution in [-0.4, -0.2) is 76.1 Å². The molecule has 13 heteroatoms. The third kappa shape index (κ3) is 5.25. The zero-order valence-corrected chi connectivity index (χ0v) is 24.9. The molecule has 1 amide bonds. The van der Waals surface area contributed by atoms with Crippen molar-refractivity contribution < 1.29 is 9.90 Å². The minimum atomic E-state index is -0.705. The van der Waals surface area contributed by atoms with E-state index in [0.717, 1.165) is 18.7 Å². The molecule has 6 aromatic rings. The lowest BCUT2D eigenvalue weighted by atomic mass is 10.1. The Balaban J connectivity index is 1.25. The summed E-state index contributed by atoms with van der Waals surface area (Å²) in [5, 5.41) is 21.1. The Morgan fingerprint density at radius 3 is 2.76 bits per heavy atom. The Morgan fingerprint density at radius 2 is 1.96 bits per heavy atom. The number of nitrogens with zero attached hydrogens (tertiary/aromatic N) is 8. The number of aliphatic hydroxyl groups excluding tert-OH is 1. The van der Waals surface area contributed by atoms with Gasteiger partial charge in [0.2, 0.25) is 0 Å². The number of nitrogen functional groups attached to an aromatic ring is 1. The number of rotatable bonds is 7. The SMILES string of the molecule is C[C@H](NC(=O)c1c(N)nn2cccnc12)c1nc2cccc(C#Cc3cnn(C4CN(CCO)C4)c3)c2c(=O)n1-c1ccccc1. The monoisotopic (exact) mass is 614 g/mol. The van der Waals surface area contributed by atoms with Gasteiger partial charge in [-0.25, -0.2) is 14.5 Å². The van der Waals surface area contributed by atoms with Gasteiger partial charge in [-0.05, 0) is 37.3 Å². The fourth-order valence-corrected chi connectivity index (χ4v) is 5.70. The molecule has 1 aliphatic heterocycles. The maximum absolute atomic E-state index is 14.3. The van der Waals surface area contributed by atoms with E-state index < -0.39 is 11.9 Å². The predicted octanol–water partition coefficient (Wildman–Crippen LogP) is 1.95. The maximum Gasteiger partial charge on any atom is 0.267 e. The molecular weight excluding hydrogens is 584 g/mol. The number of nitrogens with one attached hydrogen (secondary N) is 1. The number of fused-ring (bicyclic) bond motifs is 2. The molecular formula is C33H30N10O3. The summed E-state index contributed by atoms with van der Waals surface area (Å²) in [4.78, 5) is 39.1. The second-order valence-corrected chi connectivity index (χ2v) is 11.1. The second kappa shape index (κ2) is 11.9. The van der Waals surface area contributed by atoms with Gasteiger partial charge in [0.25, 0.3) is 11.5 Å². The van der Waals surface area contributed by atoms with Crippen LogP contribution >= 0.6 is 0 Å². The average Bonchev–Trinajstić information content (AvgIpc) is 3.65. The quantitative estimate of drug-likeness (QED) is 0.228. The number of nitrogens with two attached hydrogens (primary N) is 1. The Labute approximate surface area is 262 Å². The summed E-state index contributed by atoms with van der Waals surface area (Å²) in [6, 6.07) is 15.7. The molecule has 1 atom stereocenters.